The van der Waals surface area contributed by atoms with Gasteiger partial charge in [0.15, 0.2) is 0 Å². The van der Waals surface area contributed by atoms with Gasteiger partial charge in [0.05, 0.1) is 0 Å². The smallest absolute Gasteiger partial charge is 0.208 e. The SMILES string of the molecule is CC(C)c1nnc(N2CCC(c3nncn3C3CC3)CC2)s1. The lowest BCUT2D eigenvalue weighted by Crippen LogP contribution is -2.33. The number of hydrogen-bond acceptors (Lipinski definition) is 6. The molecular weight excluding hydrogens is 296 g/mol. The highest BCUT2D eigenvalue weighted by atomic mass is 32.1. The fourth-order valence-electron chi connectivity index (χ4n) is 3.09. The van der Waals surface area contributed by atoms with Crippen LogP contribution in [0.5, 0.6) is 0 Å². The van der Waals surface area contributed by atoms with E-state index in [4.69, 9.17) is 0 Å². The van der Waals surface area contributed by atoms with Gasteiger partial charge in [-0.2, -0.15) is 0 Å². The molecule has 0 spiro atoms. The fraction of sp³-hybridized carbons (Fsp3) is 0.733. The third-order valence-electron chi connectivity index (χ3n) is 4.60. The van der Waals surface area contributed by atoms with Crippen LogP contribution in [0.1, 0.15) is 68.2 Å². The molecule has 0 bridgehead atoms. The summed E-state index contributed by atoms with van der Waals surface area (Å²) in [5.41, 5.74) is 0. The van der Waals surface area contributed by atoms with Gasteiger partial charge in [-0.15, -0.1) is 20.4 Å². The number of hydrogen-bond donors (Lipinski definition) is 0. The third kappa shape index (κ3) is 2.62. The second-order valence-electron chi connectivity index (χ2n) is 6.67. The third-order valence-corrected chi connectivity index (χ3v) is 5.88. The van der Waals surface area contributed by atoms with E-state index in [0.717, 1.165) is 36.1 Å². The standard InChI is InChI=1S/C15H22N6S/c1-10(2)14-18-19-15(22-14)20-7-5-11(6-8-20)13-17-16-9-21(13)12-3-4-12/h9-12H,3-8H2,1-2H3. The van der Waals surface area contributed by atoms with Crippen molar-refractivity contribution in [2.24, 2.45) is 0 Å². The Bertz CT molecular complexity index is 636. The normalized spacial score (nSPS) is 20.0. The summed E-state index contributed by atoms with van der Waals surface area (Å²) in [5.74, 6) is 2.19. The van der Waals surface area contributed by atoms with Crippen molar-refractivity contribution in [3.05, 3.63) is 17.2 Å². The van der Waals surface area contributed by atoms with Crippen LogP contribution in [-0.4, -0.2) is 38.1 Å². The van der Waals surface area contributed by atoms with Crippen LogP contribution in [0, 0.1) is 0 Å². The van der Waals surface area contributed by atoms with Gasteiger partial charge >= 0.3 is 0 Å². The number of anilines is 1. The van der Waals surface area contributed by atoms with E-state index < -0.39 is 0 Å². The van der Waals surface area contributed by atoms with Gasteiger partial charge in [-0.1, -0.05) is 25.2 Å². The molecule has 0 radical (unpaired) electrons. The molecule has 7 heteroatoms. The molecule has 1 saturated heterocycles. The van der Waals surface area contributed by atoms with Gasteiger partial charge in [-0.05, 0) is 25.7 Å². The lowest BCUT2D eigenvalue weighted by Gasteiger charge is -2.31. The molecule has 6 nitrogen and oxygen atoms in total. The molecule has 22 heavy (non-hydrogen) atoms. The maximum Gasteiger partial charge on any atom is 0.208 e. The topological polar surface area (TPSA) is 59.7 Å². The van der Waals surface area contributed by atoms with Crippen molar-refractivity contribution in [2.45, 2.75) is 57.4 Å². The van der Waals surface area contributed by atoms with Crippen LogP contribution < -0.4 is 4.90 Å². The van der Waals surface area contributed by atoms with Gasteiger partial charge in [-0.25, -0.2) is 0 Å². The first-order valence-electron chi connectivity index (χ1n) is 8.20. The van der Waals surface area contributed by atoms with Crippen molar-refractivity contribution in [2.75, 3.05) is 18.0 Å². The fourth-order valence-corrected chi connectivity index (χ4v) is 3.99. The number of rotatable bonds is 4. The lowest BCUT2D eigenvalue weighted by molar-refractivity contribution is 0.464. The predicted molar refractivity (Wildman–Crippen MR) is 86.5 cm³/mol. The highest BCUT2D eigenvalue weighted by molar-refractivity contribution is 7.15. The Kier molecular flexibility index (Phi) is 3.60. The minimum absolute atomic E-state index is 0.459. The van der Waals surface area contributed by atoms with Gasteiger partial charge in [-0.3, -0.25) is 0 Å². The molecule has 0 amide bonds. The van der Waals surface area contributed by atoms with E-state index in [0.29, 0.717) is 17.9 Å². The summed E-state index contributed by atoms with van der Waals surface area (Å²) < 4.78 is 2.31. The van der Waals surface area contributed by atoms with Gasteiger partial charge < -0.3 is 9.47 Å². The Morgan fingerprint density at radius 1 is 1.09 bits per heavy atom. The Hall–Kier alpha value is -1.50. The van der Waals surface area contributed by atoms with Crippen LogP contribution in [0.3, 0.4) is 0 Å². The van der Waals surface area contributed by atoms with E-state index in [1.165, 1.54) is 18.7 Å². The number of piperidine rings is 1. The first kappa shape index (κ1) is 14.1. The van der Waals surface area contributed by atoms with Crippen LogP contribution in [0.2, 0.25) is 0 Å². The number of aromatic nitrogens is 5. The summed E-state index contributed by atoms with van der Waals surface area (Å²) >= 11 is 1.73. The largest absolute Gasteiger partial charge is 0.347 e. The van der Waals surface area contributed by atoms with Gasteiger partial charge in [0.2, 0.25) is 5.13 Å². The average Bonchev–Trinajstić information content (AvgIpc) is 3.06. The minimum atomic E-state index is 0.459. The Morgan fingerprint density at radius 2 is 1.86 bits per heavy atom. The molecule has 4 rings (SSSR count). The molecule has 1 aliphatic heterocycles. The molecule has 2 aromatic rings. The van der Waals surface area contributed by atoms with Crippen molar-refractivity contribution < 1.29 is 0 Å². The first-order valence-corrected chi connectivity index (χ1v) is 9.01. The molecule has 2 fully saturated rings. The molecule has 2 aliphatic rings. The highest BCUT2D eigenvalue weighted by Gasteiger charge is 2.31. The lowest BCUT2D eigenvalue weighted by atomic mass is 9.96. The second kappa shape index (κ2) is 5.61. The number of nitrogens with zero attached hydrogens (tertiary/aromatic N) is 6. The van der Waals surface area contributed by atoms with E-state index in [2.05, 4.69) is 43.7 Å². The maximum absolute atomic E-state index is 4.40. The van der Waals surface area contributed by atoms with Crippen LogP contribution in [0.15, 0.2) is 6.33 Å². The van der Waals surface area contributed by atoms with Gasteiger partial charge in [0.25, 0.3) is 0 Å². The highest BCUT2D eigenvalue weighted by Crippen LogP contribution is 2.39. The summed E-state index contributed by atoms with van der Waals surface area (Å²) in [6.45, 7) is 6.41. The van der Waals surface area contributed by atoms with Crippen LogP contribution in [0.25, 0.3) is 0 Å². The quantitative estimate of drug-likeness (QED) is 0.867. The zero-order chi connectivity index (χ0) is 15.1. The Labute approximate surface area is 134 Å². The Morgan fingerprint density at radius 3 is 2.50 bits per heavy atom. The zero-order valence-electron chi connectivity index (χ0n) is 13.1. The first-order chi connectivity index (χ1) is 10.7. The second-order valence-corrected chi connectivity index (χ2v) is 7.65. The maximum atomic E-state index is 4.40. The van der Waals surface area contributed by atoms with Crippen molar-refractivity contribution in [3.8, 4) is 0 Å². The van der Waals surface area contributed by atoms with E-state index in [9.17, 15) is 0 Å². The summed E-state index contributed by atoms with van der Waals surface area (Å²) in [6.07, 6.45) is 6.74. The van der Waals surface area contributed by atoms with Crippen molar-refractivity contribution >= 4 is 16.5 Å². The monoisotopic (exact) mass is 318 g/mol. The molecule has 1 saturated carbocycles. The molecule has 0 N–H and O–H groups in total. The predicted octanol–water partition coefficient (Wildman–Crippen LogP) is 2.97. The zero-order valence-corrected chi connectivity index (χ0v) is 14.0. The summed E-state index contributed by atoms with van der Waals surface area (Å²) in [5, 5.41) is 19.4. The average molecular weight is 318 g/mol. The van der Waals surface area contributed by atoms with Crippen molar-refractivity contribution in [1.82, 2.24) is 25.0 Å². The van der Waals surface area contributed by atoms with Crippen LogP contribution in [0.4, 0.5) is 5.13 Å². The molecule has 0 atom stereocenters. The summed E-state index contributed by atoms with van der Waals surface area (Å²) in [7, 11) is 0. The molecule has 0 aromatic carbocycles. The Balaban J connectivity index is 1.42. The minimum Gasteiger partial charge on any atom is -0.347 e. The molecule has 0 unspecified atom stereocenters. The van der Waals surface area contributed by atoms with Crippen LogP contribution in [-0.2, 0) is 0 Å². The van der Waals surface area contributed by atoms with Crippen molar-refractivity contribution in [3.63, 3.8) is 0 Å². The van der Waals surface area contributed by atoms with E-state index in [1.807, 2.05) is 6.33 Å². The van der Waals surface area contributed by atoms with Crippen molar-refractivity contribution in [1.29, 1.82) is 0 Å². The summed E-state index contributed by atoms with van der Waals surface area (Å²) in [4.78, 5) is 2.37. The van der Waals surface area contributed by atoms with Crippen LogP contribution >= 0.6 is 11.3 Å². The molecule has 118 valence electrons. The molecular formula is C15H22N6S. The molecule has 2 aromatic heterocycles. The molecule has 3 heterocycles. The van der Waals surface area contributed by atoms with E-state index in [-0.39, 0.29) is 0 Å². The van der Waals surface area contributed by atoms with Gasteiger partial charge in [0, 0.05) is 31.0 Å². The van der Waals surface area contributed by atoms with E-state index >= 15 is 0 Å². The molecule has 1 aliphatic carbocycles. The summed E-state index contributed by atoms with van der Waals surface area (Å²) in [6, 6.07) is 0.666. The van der Waals surface area contributed by atoms with E-state index in [1.54, 1.807) is 11.3 Å². The van der Waals surface area contributed by atoms with Gasteiger partial charge in [0.1, 0.15) is 17.2 Å².